The van der Waals surface area contributed by atoms with Crippen LogP contribution in [0.4, 0.5) is 0 Å². The van der Waals surface area contributed by atoms with Gasteiger partial charge in [0.15, 0.2) is 0 Å². The monoisotopic (exact) mass is 314 g/mol. The summed E-state index contributed by atoms with van der Waals surface area (Å²) in [7, 11) is 0. The molecular formula is C18H27NaO3. The summed E-state index contributed by atoms with van der Waals surface area (Å²) >= 11 is 0. The van der Waals surface area contributed by atoms with Crippen molar-refractivity contribution in [1.29, 1.82) is 0 Å². The van der Waals surface area contributed by atoms with Gasteiger partial charge in [0.2, 0.25) is 0 Å². The van der Waals surface area contributed by atoms with Gasteiger partial charge in [0, 0.05) is 0 Å². The number of hydrogen-bond acceptors (Lipinski definition) is 2. The molecule has 3 nitrogen and oxygen atoms in total. The van der Waals surface area contributed by atoms with Crippen LogP contribution in [0.3, 0.4) is 0 Å². The number of aryl methyl sites for hydroxylation is 1. The Labute approximate surface area is 156 Å². The summed E-state index contributed by atoms with van der Waals surface area (Å²) in [5.41, 5.74) is 0.818. The van der Waals surface area contributed by atoms with Crippen LogP contribution in [0.2, 0.25) is 0 Å². The summed E-state index contributed by atoms with van der Waals surface area (Å²) in [6.45, 7) is 2.23. The molecule has 1 aromatic carbocycles. The van der Waals surface area contributed by atoms with Crippen LogP contribution in [0.5, 0.6) is 5.75 Å². The van der Waals surface area contributed by atoms with Crippen LogP contribution in [-0.4, -0.2) is 11.1 Å². The molecule has 118 valence electrons. The Morgan fingerprint density at radius 2 is 1.55 bits per heavy atom. The van der Waals surface area contributed by atoms with Gasteiger partial charge >= 0.3 is 35.5 Å². The minimum Gasteiger partial charge on any atom is -0.872 e. The smallest absolute Gasteiger partial charge is 0.872 e. The van der Waals surface area contributed by atoms with Crippen LogP contribution in [0.1, 0.15) is 80.6 Å². The van der Waals surface area contributed by atoms with Gasteiger partial charge in [0.1, 0.15) is 0 Å². The van der Waals surface area contributed by atoms with Crippen molar-refractivity contribution in [3.8, 4) is 5.75 Å². The van der Waals surface area contributed by atoms with E-state index in [9.17, 15) is 9.90 Å². The molecule has 4 heteroatoms. The van der Waals surface area contributed by atoms with Gasteiger partial charge in [0.05, 0.1) is 5.56 Å². The molecule has 0 aliphatic heterocycles. The van der Waals surface area contributed by atoms with Gasteiger partial charge in [-0.05, 0) is 24.5 Å². The zero-order chi connectivity index (χ0) is 15.5. The quantitative estimate of drug-likeness (QED) is 0.498. The molecule has 1 N–H and O–H groups in total. The first-order valence-corrected chi connectivity index (χ1v) is 8.18. The fourth-order valence-electron chi connectivity index (χ4n) is 2.54. The third-order valence-electron chi connectivity index (χ3n) is 3.85. The van der Waals surface area contributed by atoms with Gasteiger partial charge in [-0.3, -0.25) is 0 Å². The van der Waals surface area contributed by atoms with Gasteiger partial charge in [-0.2, -0.15) is 0 Å². The van der Waals surface area contributed by atoms with Crippen molar-refractivity contribution in [2.45, 2.75) is 71.1 Å². The zero-order valence-corrected chi connectivity index (χ0v) is 16.1. The maximum absolute atomic E-state index is 11.6. The summed E-state index contributed by atoms with van der Waals surface area (Å²) in [4.78, 5) is 10.8. The Balaban J connectivity index is 0.00000441. The zero-order valence-electron chi connectivity index (χ0n) is 14.1. The third kappa shape index (κ3) is 8.82. The molecular weight excluding hydrogens is 287 g/mol. The predicted molar refractivity (Wildman–Crippen MR) is 83.8 cm³/mol. The standard InChI is InChI=1S/C18H28O3.Na/c1-2-3-4-5-6-7-8-9-10-11-15-12-13-16(18(20)21)17(19)14-15;/h12-14,19H,2-11H2,1H3,(H,20,21);/q;+1/p-1. The molecule has 0 aliphatic rings. The molecule has 0 heterocycles. The van der Waals surface area contributed by atoms with Crippen molar-refractivity contribution in [2.24, 2.45) is 0 Å². The number of rotatable bonds is 11. The molecule has 0 saturated carbocycles. The van der Waals surface area contributed by atoms with Gasteiger partial charge in [-0.1, -0.05) is 76.2 Å². The third-order valence-corrected chi connectivity index (χ3v) is 3.85. The fourth-order valence-corrected chi connectivity index (χ4v) is 2.54. The van der Waals surface area contributed by atoms with E-state index in [-0.39, 0.29) is 40.9 Å². The molecule has 0 aliphatic carbocycles. The Morgan fingerprint density at radius 1 is 1.00 bits per heavy atom. The Hall–Kier alpha value is -0.510. The summed E-state index contributed by atoms with van der Waals surface area (Å²) in [5.74, 6) is -1.52. The van der Waals surface area contributed by atoms with Crippen LogP contribution in [0, 0.1) is 0 Å². The molecule has 0 atom stereocenters. The maximum Gasteiger partial charge on any atom is 1.00 e. The van der Waals surface area contributed by atoms with Crippen molar-refractivity contribution in [2.75, 3.05) is 0 Å². The summed E-state index contributed by atoms with van der Waals surface area (Å²) in [5, 5.41) is 20.4. The molecule has 1 rings (SSSR count). The van der Waals surface area contributed by atoms with E-state index in [1.165, 1.54) is 63.5 Å². The average Bonchev–Trinajstić information content (AvgIpc) is 2.45. The van der Waals surface area contributed by atoms with E-state index in [1.807, 2.05) is 0 Å². The molecule has 0 amide bonds. The van der Waals surface area contributed by atoms with Crippen molar-refractivity contribution in [1.82, 2.24) is 0 Å². The molecule has 0 saturated heterocycles. The molecule has 0 unspecified atom stereocenters. The van der Waals surface area contributed by atoms with Gasteiger partial charge in [-0.15, -0.1) is 0 Å². The molecule has 22 heavy (non-hydrogen) atoms. The topological polar surface area (TPSA) is 60.4 Å². The second-order valence-electron chi connectivity index (χ2n) is 5.71. The van der Waals surface area contributed by atoms with Crippen LogP contribution in [0.25, 0.3) is 0 Å². The van der Waals surface area contributed by atoms with Crippen LogP contribution in [-0.2, 0) is 6.42 Å². The molecule has 0 bridgehead atoms. The van der Waals surface area contributed by atoms with E-state index in [1.54, 1.807) is 6.07 Å². The maximum atomic E-state index is 11.6. The van der Waals surface area contributed by atoms with Gasteiger partial charge < -0.3 is 10.2 Å². The second kappa shape index (κ2) is 13.0. The summed E-state index contributed by atoms with van der Waals surface area (Å²) < 4.78 is 0. The Kier molecular flexibility index (Phi) is 12.7. The molecule has 0 fully saturated rings. The number of unbranched alkanes of at least 4 members (excludes halogenated alkanes) is 8. The fraction of sp³-hybridized carbons (Fsp3) is 0.611. The van der Waals surface area contributed by atoms with Gasteiger partial charge in [-0.25, -0.2) is 4.79 Å². The Morgan fingerprint density at radius 3 is 2.05 bits per heavy atom. The first kappa shape index (κ1) is 21.5. The first-order chi connectivity index (χ1) is 10.1. The van der Waals surface area contributed by atoms with Crippen LogP contribution in [0.15, 0.2) is 18.2 Å². The normalized spacial score (nSPS) is 10.2. The van der Waals surface area contributed by atoms with E-state index in [4.69, 9.17) is 5.11 Å². The van der Waals surface area contributed by atoms with E-state index >= 15 is 0 Å². The number of hydrogen-bond donors (Lipinski definition) is 1. The van der Waals surface area contributed by atoms with Gasteiger partial charge in [0.25, 0.3) is 0 Å². The second-order valence-corrected chi connectivity index (χ2v) is 5.71. The number of carboxylic acid groups (broad SMARTS) is 1. The van der Waals surface area contributed by atoms with E-state index in [2.05, 4.69) is 6.92 Å². The summed E-state index contributed by atoms with van der Waals surface area (Å²) in [6, 6.07) is 4.65. The number of carboxylic acids is 1. The number of aromatic carboxylic acids is 1. The minimum atomic E-state index is -1.14. The number of carbonyl (C=O) groups is 1. The first-order valence-electron chi connectivity index (χ1n) is 8.18. The van der Waals surface area contributed by atoms with E-state index in [0.717, 1.165) is 18.4 Å². The van der Waals surface area contributed by atoms with E-state index < -0.39 is 5.97 Å². The van der Waals surface area contributed by atoms with Crippen molar-refractivity contribution in [3.63, 3.8) is 0 Å². The molecule has 1 aromatic rings. The minimum absolute atomic E-state index is 0. The van der Waals surface area contributed by atoms with Crippen LogP contribution < -0.4 is 34.7 Å². The largest absolute Gasteiger partial charge is 1.00 e. The SMILES string of the molecule is CCCCCCCCCCCc1ccc(C(=O)O)c([O-])c1.[Na+]. The average molecular weight is 314 g/mol. The predicted octanol–water partition coefficient (Wildman–Crippen LogP) is 1.54. The Bertz CT molecular complexity index is 432. The number of benzene rings is 1. The van der Waals surface area contributed by atoms with Crippen LogP contribution >= 0.6 is 0 Å². The van der Waals surface area contributed by atoms with Crippen molar-refractivity contribution < 1.29 is 44.6 Å². The molecule has 0 aromatic heterocycles. The van der Waals surface area contributed by atoms with Crippen molar-refractivity contribution >= 4 is 5.97 Å². The summed E-state index contributed by atoms with van der Waals surface area (Å²) in [6.07, 6.45) is 12.4. The van der Waals surface area contributed by atoms with E-state index in [0.29, 0.717) is 0 Å². The molecule has 0 radical (unpaired) electrons. The molecule has 0 spiro atoms. The van der Waals surface area contributed by atoms with Crippen molar-refractivity contribution in [3.05, 3.63) is 29.3 Å².